The van der Waals surface area contributed by atoms with Gasteiger partial charge >= 0.3 is 0 Å². The van der Waals surface area contributed by atoms with Gasteiger partial charge in [0.15, 0.2) is 4.80 Å². The first-order valence-electron chi connectivity index (χ1n) is 12.8. The number of aromatic nitrogens is 1. The predicted molar refractivity (Wildman–Crippen MR) is 154 cm³/mol. The smallest absolute Gasteiger partial charge is 0.271 e. The summed E-state index contributed by atoms with van der Waals surface area (Å²) in [5.74, 6) is 1.19. The molecular formula is C31H29N3O4S. The molecule has 2 heterocycles. The van der Waals surface area contributed by atoms with Crippen molar-refractivity contribution in [1.29, 1.82) is 0 Å². The lowest BCUT2D eigenvalue weighted by molar-refractivity contribution is -0.113. The van der Waals surface area contributed by atoms with Crippen LogP contribution in [0.4, 0.5) is 5.69 Å². The van der Waals surface area contributed by atoms with E-state index < -0.39 is 6.04 Å². The van der Waals surface area contributed by atoms with E-state index in [9.17, 15) is 9.59 Å². The number of hydrogen-bond donors (Lipinski definition) is 1. The maximum Gasteiger partial charge on any atom is 0.271 e. The fourth-order valence-corrected chi connectivity index (χ4v) is 5.59. The molecule has 0 aliphatic carbocycles. The number of amides is 1. The van der Waals surface area contributed by atoms with Crippen molar-refractivity contribution in [2.75, 3.05) is 18.5 Å². The van der Waals surface area contributed by atoms with E-state index in [4.69, 9.17) is 14.5 Å². The molecule has 1 aliphatic heterocycles. The summed E-state index contributed by atoms with van der Waals surface area (Å²) < 4.78 is 13.3. The van der Waals surface area contributed by atoms with Crippen LogP contribution in [-0.4, -0.2) is 23.7 Å². The SMILES string of the molecule is CCOc1ccc(/C=c2\sc3n(c2=O)[C@H](c2ccc(OCC)cc2)C(C(=O)Nc2ccccc2)=C(C)N=3)cc1. The van der Waals surface area contributed by atoms with E-state index in [2.05, 4.69) is 5.32 Å². The summed E-state index contributed by atoms with van der Waals surface area (Å²) in [6.07, 6.45) is 1.85. The van der Waals surface area contributed by atoms with E-state index >= 15 is 0 Å². The molecule has 1 atom stereocenters. The summed E-state index contributed by atoms with van der Waals surface area (Å²) in [5.41, 5.74) is 3.11. The van der Waals surface area contributed by atoms with E-state index in [-0.39, 0.29) is 11.5 Å². The number of anilines is 1. The van der Waals surface area contributed by atoms with Gasteiger partial charge < -0.3 is 14.8 Å². The van der Waals surface area contributed by atoms with Crippen LogP contribution in [0.25, 0.3) is 6.08 Å². The predicted octanol–water partition coefficient (Wildman–Crippen LogP) is 4.67. The average molecular weight is 540 g/mol. The highest BCUT2D eigenvalue weighted by molar-refractivity contribution is 7.07. The van der Waals surface area contributed by atoms with Crippen molar-refractivity contribution < 1.29 is 14.3 Å². The molecule has 4 aromatic rings. The maximum absolute atomic E-state index is 13.9. The first-order chi connectivity index (χ1) is 19.0. The molecule has 0 spiro atoms. The van der Waals surface area contributed by atoms with Crippen LogP contribution in [0.3, 0.4) is 0 Å². The quantitative estimate of drug-likeness (QED) is 0.353. The summed E-state index contributed by atoms with van der Waals surface area (Å²) >= 11 is 1.31. The minimum Gasteiger partial charge on any atom is -0.494 e. The fraction of sp³-hybridized carbons (Fsp3) is 0.194. The molecule has 1 aliphatic rings. The molecule has 8 heteroatoms. The molecule has 1 amide bonds. The van der Waals surface area contributed by atoms with Crippen molar-refractivity contribution in [1.82, 2.24) is 4.57 Å². The van der Waals surface area contributed by atoms with Crippen LogP contribution in [0.15, 0.2) is 99.9 Å². The number of ether oxygens (including phenoxy) is 2. The summed E-state index contributed by atoms with van der Waals surface area (Å²) in [6, 6.07) is 23.7. The molecule has 0 bridgehead atoms. The van der Waals surface area contributed by atoms with Gasteiger partial charge in [-0.05, 0) is 74.4 Å². The number of nitrogens with zero attached hydrogens (tertiary/aromatic N) is 2. The van der Waals surface area contributed by atoms with Crippen molar-refractivity contribution in [2.45, 2.75) is 26.8 Å². The van der Waals surface area contributed by atoms with Crippen LogP contribution in [0.2, 0.25) is 0 Å². The molecule has 0 saturated carbocycles. The summed E-state index contributed by atoms with van der Waals surface area (Å²) in [6.45, 7) is 6.80. The Labute approximate surface area is 230 Å². The second kappa shape index (κ2) is 11.5. The Balaban J connectivity index is 1.62. The molecule has 3 aromatic carbocycles. The lowest BCUT2D eigenvalue weighted by Gasteiger charge is -2.25. The van der Waals surface area contributed by atoms with E-state index in [1.54, 1.807) is 4.57 Å². The number of carbonyl (C=O) groups excluding carboxylic acids is 1. The van der Waals surface area contributed by atoms with Crippen molar-refractivity contribution in [3.63, 3.8) is 0 Å². The standard InChI is InChI=1S/C31H29N3O4S/c1-4-37-24-15-11-21(12-16-24)19-26-30(36)34-28(22-13-17-25(18-14-22)38-5-2)27(20(3)32-31(34)39-26)29(35)33-23-9-7-6-8-10-23/h6-19,28H,4-5H2,1-3H3,(H,33,35)/b26-19-/t28-/m1/s1. The number of benzene rings is 3. The second-order valence-corrected chi connectivity index (χ2v) is 9.92. The summed E-state index contributed by atoms with van der Waals surface area (Å²) in [4.78, 5) is 32.8. The van der Waals surface area contributed by atoms with Crippen LogP contribution in [0, 0.1) is 0 Å². The van der Waals surface area contributed by atoms with Crippen LogP contribution in [-0.2, 0) is 4.79 Å². The molecule has 0 radical (unpaired) electrons. The Hall–Kier alpha value is -4.43. The number of allylic oxidation sites excluding steroid dienone is 1. The van der Waals surface area contributed by atoms with Gasteiger partial charge in [-0.2, -0.15) is 0 Å². The number of fused-ring (bicyclic) bond motifs is 1. The molecule has 198 valence electrons. The molecule has 0 fully saturated rings. The highest BCUT2D eigenvalue weighted by Gasteiger charge is 2.32. The van der Waals surface area contributed by atoms with Gasteiger partial charge in [-0.15, -0.1) is 0 Å². The largest absolute Gasteiger partial charge is 0.494 e. The van der Waals surface area contributed by atoms with Gasteiger partial charge in [-0.25, -0.2) is 4.99 Å². The number of thiazole rings is 1. The Morgan fingerprint density at radius 1 is 0.949 bits per heavy atom. The monoisotopic (exact) mass is 539 g/mol. The maximum atomic E-state index is 13.9. The van der Waals surface area contributed by atoms with Gasteiger partial charge in [-0.3, -0.25) is 14.2 Å². The average Bonchev–Trinajstić information content (AvgIpc) is 3.24. The lowest BCUT2D eigenvalue weighted by atomic mass is 9.95. The van der Waals surface area contributed by atoms with Crippen molar-refractivity contribution in [3.8, 4) is 11.5 Å². The van der Waals surface area contributed by atoms with Crippen LogP contribution in [0.1, 0.15) is 37.9 Å². The van der Waals surface area contributed by atoms with Crippen molar-refractivity contribution in [3.05, 3.63) is 121 Å². The topological polar surface area (TPSA) is 81.9 Å². The van der Waals surface area contributed by atoms with Gasteiger partial charge in [0.2, 0.25) is 0 Å². The second-order valence-electron chi connectivity index (χ2n) is 8.91. The first-order valence-corrected chi connectivity index (χ1v) is 13.6. The van der Waals surface area contributed by atoms with Crippen LogP contribution in [0.5, 0.6) is 11.5 Å². The van der Waals surface area contributed by atoms with Gasteiger partial charge in [-0.1, -0.05) is 53.8 Å². The highest BCUT2D eigenvalue weighted by atomic mass is 32.1. The number of nitrogens with one attached hydrogen (secondary N) is 1. The van der Waals surface area contributed by atoms with E-state index in [0.29, 0.717) is 39.5 Å². The zero-order chi connectivity index (χ0) is 27.4. The third kappa shape index (κ3) is 5.56. The van der Waals surface area contributed by atoms with E-state index in [1.807, 2.05) is 106 Å². The third-order valence-corrected chi connectivity index (χ3v) is 7.28. The Bertz CT molecular complexity index is 1690. The Morgan fingerprint density at radius 2 is 1.56 bits per heavy atom. The minimum absolute atomic E-state index is 0.205. The van der Waals surface area contributed by atoms with E-state index in [1.165, 1.54) is 11.3 Å². The van der Waals surface area contributed by atoms with Gasteiger partial charge in [0.25, 0.3) is 11.5 Å². The number of rotatable bonds is 8. The molecule has 0 saturated heterocycles. The summed E-state index contributed by atoms with van der Waals surface area (Å²) in [5, 5.41) is 2.97. The number of carbonyl (C=O) groups is 1. The van der Waals surface area contributed by atoms with Gasteiger partial charge in [0, 0.05) is 5.69 Å². The molecule has 39 heavy (non-hydrogen) atoms. The highest BCUT2D eigenvalue weighted by Crippen LogP contribution is 2.31. The zero-order valence-corrected chi connectivity index (χ0v) is 22.8. The zero-order valence-electron chi connectivity index (χ0n) is 22.0. The molecular weight excluding hydrogens is 510 g/mol. The van der Waals surface area contributed by atoms with E-state index in [0.717, 1.165) is 22.6 Å². The molecule has 5 rings (SSSR count). The van der Waals surface area contributed by atoms with Crippen LogP contribution < -0.4 is 29.7 Å². The normalized spacial score (nSPS) is 14.9. The number of hydrogen-bond acceptors (Lipinski definition) is 6. The van der Waals surface area contributed by atoms with Crippen molar-refractivity contribution >= 4 is 29.0 Å². The molecule has 1 aromatic heterocycles. The molecule has 0 unspecified atom stereocenters. The van der Waals surface area contributed by atoms with Crippen molar-refractivity contribution in [2.24, 2.45) is 4.99 Å². The lowest BCUT2D eigenvalue weighted by Crippen LogP contribution is -2.40. The van der Waals surface area contributed by atoms with Crippen LogP contribution >= 0.6 is 11.3 Å². The molecule has 7 nitrogen and oxygen atoms in total. The Morgan fingerprint density at radius 3 is 2.18 bits per heavy atom. The first kappa shape index (κ1) is 26.2. The Kier molecular flexibility index (Phi) is 7.74. The fourth-order valence-electron chi connectivity index (χ4n) is 4.54. The third-order valence-electron chi connectivity index (χ3n) is 6.29. The number of para-hydroxylation sites is 1. The summed E-state index contributed by atoms with van der Waals surface area (Å²) in [7, 11) is 0. The van der Waals surface area contributed by atoms with Gasteiger partial charge in [0.1, 0.15) is 11.5 Å². The van der Waals surface area contributed by atoms with Gasteiger partial charge in [0.05, 0.1) is 35.1 Å². The minimum atomic E-state index is -0.650. The molecule has 1 N–H and O–H groups in total.